The van der Waals surface area contributed by atoms with Gasteiger partial charge in [-0.05, 0) is 42.9 Å². The lowest BCUT2D eigenvalue weighted by Gasteiger charge is -2.22. The first-order valence-electron chi connectivity index (χ1n) is 8.87. The largest absolute Gasteiger partial charge is 0.459 e. The number of rotatable bonds is 5. The molecule has 7 nitrogen and oxygen atoms in total. The van der Waals surface area contributed by atoms with Gasteiger partial charge < -0.3 is 19.2 Å². The van der Waals surface area contributed by atoms with Crippen LogP contribution >= 0.6 is 0 Å². The summed E-state index contributed by atoms with van der Waals surface area (Å²) in [7, 11) is 0. The second kappa shape index (κ2) is 7.41. The average molecular weight is 345 g/mol. The van der Waals surface area contributed by atoms with Gasteiger partial charge in [0.05, 0.1) is 18.6 Å². The summed E-state index contributed by atoms with van der Waals surface area (Å²) in [6.45, 7) is 3.65. The fourth-order valence-electron chi connectivity index (χ4n) is 3.45. The number of ether oxygens (including phenoxy) is 2. The second-order valence-corrected chi connectivity index (χ2v) is 6.61. The van der Waals surface area contributed by atoms with E-state index >= 15 is 0 Å². The highest BCUT2D eigenvalue weighted by Crippen LogP contribution is 2.26. The van der Waals surface area contributed by atoms with Gasteiger partial charge in [0.25, 0.3) is 5.91 Å². The lowest BCUT2D eigenvalue weighted by molar-refractivity contribution is 0.0376. The van der Waals surface area contributed by atoms with E-state index in [2.05, 4.69) is 11.5 Å². The van der Waals surface area contributed by atoms with Crippen molar-refractivity contribution in [1.29, 1.82) is 0 Å². The van der Waals surface area contributed by atoms with Crippen LogP contribution < -0.4 is 5.32 Å². The summed E-state index contributed by atoms with van der Waals surface area (Å²) < 4.78 is 18.4. The summed E-state index contributed by atoms with van der Waals surface area (Å²) >= 11 is 0. The van der Waals surface area contributed by atoms with Gasteiger partial charge in [0.2, 0.25) is 0 Å². The van der Waals surface area contributed by atoms with E-state index < -0.39 is 0 Å². The molecule has 1 fully saturated rings. The van der Waals surface area contributed by atoms with Crippen LogP contribution in [-0.4, -0.2) is 42.1 Å². The molecule has 4 heterocycles. The number of aromatic nitrogens is 2. The molecule has 0 radical (unpaired) electrons. The van der Waals surface area contributed by atoms with Gasteiger partial charge in [-0.25, -0.2) is 0 Å². The molecule has 0 aromatic carbocycles. The number of amides is 1. The predicted octanol–water partition coefficient (Wildman–Crippen LogP) is 1.95. The van der Waals surface area contributed by atoms with Crippen LogP contribution in [0.5, 0.6) is 0 Å². The second-order valence-electron chi connectivity index (χ2n) is 6.61. The van der Waals surface area contributed by atoms with Gasteiger partial charge >= 0.3 is 0 Å². The third-order valence-electron chi connectivity index (χ3n) is 4.84. The molecule has 0 spiro atoms. The van der Waals surface area contributed by atoms with Gasteiger partial charge in [-0.1, -0.05) is 0 Å². The highest BCUT2D eigenvalue weighted by Gasteiger charge is 2.26. The van der Waals surface area contributed by atoms with Crippen molar-refractivity contribution in [1.82, 2.24) is 15.1 Å². The minimum absolute atomic E-state index is 0.210. The van der Waals surface area contributed by atoms with Crippen molar-refractivity contribution >= 4 is 5.91 Å². The number of carbonyl (C=O) groups is 1. The topological polar surface area (TPSA) is 78.5 Å². The highest BCUT2D eigenvalue weighted by molar-refractivity contribution is 5.91. The standard InChI is InChI=1S/C18H23N3O4/c22-18(15-2-1-6-24-15)19-10-16-17-14(5-9-25-16)12-21(20-17)11-13-3-7-23-8-4-13/h1-2,6,12-13,16H,3-5,7-11H2,(H,19,22)/t16-/m1/s1. The molecule has 0 unspecified atom stereocenters. The lowest BCUT2D eigenvalue weighted by Crippen LogP contribution is -2.31. The van der Waals surface area contributed by atoms with Crippen molar-refractivity contribution in [2.75, 3.05) is 26.4 Å². The average Bonchev–Trinajstić information content (AvgIpc) is 3.30. The van der Waals surface area contributed by atoms with Crippen LogP contribution in [0.2, 0.25) is 0 Å². The molecule has 0 aliphatic carbocycles. The Morgan fingerprint density at radius 3 is 3.00 bits per heavy atom. The Morgan fingerprint density at radius 2 is 2.20 bits per heavy atom. The van der Waals surface area contributed by atoms with Crippen LogP contribution in [0, 0.1) is 5.92 Å². The van der Waals surface area contributed by atoms with Crippen molar-refractivity contribution < 1.29 is 18.7 Å². The molecule has 0 saturated carbocycles. The Labute approximate surface area is 146 Å². The van der Waals surface area contributed by atoms with Crippen LogP contribution in [0.1, 0.15) is 40.8 Å². The summed E-state index contributed by atoms with van der Waals surface area (Å²) in [6, 6.07) is 3.34. The Kier molecular flexibility index (Phi) is 4.85. The normalized spacial score (nSPS) is 21.0. The van der Waals surface area contributed by atoms with Gasteiger partial charge in [-0.15, -0.1) is 0 Å². The van der Waals surface area contributed by atoms with E-state index in [1.54, 1.807) is 12.1 Å². The summed E-state index contributed by atoms with van der Waals surface area (Å²) in [4.78, 5) is 12.0. The first kappa shape index (κ1) is 16.4. The maximum atomic E-state index is 12.0. The van der Waals surface area contributed by atoms with E-state index in [9.17, 15) is 4.79 Å². The molecule has 2 aliphatic rings. The summed E-state index contributed by atoms with van der Waals surface area (Å²) in [6.07, 6.45) is 6.45. The number of carbonyl (C=O) groups excluding carboxylic acids is 1. The quantitative estimate of drug-likeness (QED) is 0.896. The number of hydrogen-bond acceptors (Lipinski definition) is 5. The number of nitrogens with one attached hydrogen (secondary N) is 1. The van der Waals surface area contributed by atoms with E-state index in [0.29, 0.717) is 24.8 Å². The fourth-order valence-corrected chi connectivity index (χ4v) is 3.45. The van der Waals surface area contributed by atoms with Crippen molar-refractivity contribution in [3.8, 4) is 0 Å². The van der Waals surface area contributed by atoms with Gasteiger partial charge in [0.1, 0.15) is 6.10 Å². The zero-order valence-corrected chi connectivity index (χ0v) is 14.1. The fraction of sp³-hybridized carbons (Fsp3) is 0.556. The Morgan fingerprint density at radius 1 is 1.32 bits per heavy atom. The highest BCUT2D eigenvalue weighted by atomic mass is 16.5. The molecule has 0 bridgehead atoms. The Bertz CT molecular complexity index is 704. The first-order chi connectivity index (χ1) is 12.3. The molecular weight excluding hydrogens is 322 g/mol. The Hall–Kier alpha value is -2.12. The molecule has 2 aliphatic heterocycles. The molecule has 2 aromatic heterocycles. The third kappa shape index (κ3) is 3.77. The molecule has 1 amide bonds. The van der Waals surface area contributed by atoms with E-state index in [4.69, 9.17) is 19.0 Å². The first-order valence-corrected chi connectivity index (χ1v) is 8.87. The van der Waals surface area contributed by atoms with Crippen LogP contribution in [0.3, 0.4) is 0 Å². The number of hydrogen-bond donors (Lipinski definition) is 1. The van der Waals surface area contributed by atoms with Gasteiger partial charge in [-0.2, -0.15) is 5.10 Å². The van der Waals surface area contributed by atoms with E-state index in [0.717, 1.165) is 44.7 Å². The SMILES string of the molecule is O=C(NC[C@H]1OCCc2cn(CC3CCOCC3)nc21)c1ccco1. The van der Waals surface area contributed by atoms with Crippen LogP contribution in [0.25, 0.3) is 0 Å². The molecule has 1 atom stereocenters. The summed E-state index contributed by atoms with van der Waals surface area (Å²) in [5.41, 5.74) is 2.16. The smallest absolute Gasteiger partial charge is 0.287 e. The van der Waals surface area contributed by atoms with Gasteiger partial charge in [0, 0.05) is 32.5 Å². The molecule has 4 rings (SSSR count). The molecule has 7 heteroatoms. The number of nitrogens with zero attached hydrogens (tertiary/aromatic N) is 2. The molecule has 1 N–H and O–H groups in total. The van der Waals surface area contributed by atoms with Crippen LogP contribution in [0.4, 0.5) is 0 Å². The van der Waals surface area contributed by atoms with Crippen molar-refractivity contribution in [3.05, 3.63) is 41.6 Å². The Balaban J connectivity index is 1.39. The zero-order chi connectivity index (χ0) is 17.1. The van der Waals surface area contributed by atoms with E-state index in [1.807, 2.05) is 4.68 Å². The van der Waals surface area contributed by atoms with Crippen molar-refractivity contribution in [3.63, 3.8) is 0 Å². The van der Waals surface area contributed by atoms with Crippen LogP contribution in [0.15, 0.2) is 29.0 Å². The third-order valence-corrected chi connectivity index (χ3v) is 4.84. The maximum absolute atomic E-state index is 12.0. The van der Waals surface area contributed by atoms with E-state index in [1.165, 1.54) is 11.8 Å². The minimum atomic E-state index is -0.234. The minimum Gasteiger partial charge on any atom is -0.459 e. The summed E-state index contributed by atoms with van der Waals surface area (Å²) in [5, 5.41) is 7.61. The molecule has 25 heavy (non-hydrogen) atoms. The molecule has 2 aromatic rings. The monoisotopic (exact) mass is 345 g/mol. The van der Waals surface area contributed by atoms with Gasteiger partial charge in [-0.3, -0.25) is 9.48 Å². The van der Waals surface area contributed by atoms with Crippen molar-refractivity contribution in [2.45, 2.75) is 31.9 Å². The maximum Gasteiger partial charge on any atom is 0.287 e. The number of furan rings is 1. The number of fused-ring (bicyclic) bond motifs is 1. The molecule has 1 saturated heterocycles. The lowest BCUT2D eigenvalue weighted by atomic mass is 10.0. The molecular formula is C18H23N3O4. The van der Waals surface area contributed by atoms with Crippen LogP contribution in [-0.2, 0) is 22.4 Å². The van der Waals surface area contributed by atoms with Crippen molar-refractivity contribution in [2.24, 2.45) is 5.92 Å². The summed E-state index contributed by atoms with van der Waals surface area (Å²) in [5.74, 6) is 0.691. The zero-order valence-electron chi connectivity index (χ0n) is 14.1. The molecule has 134 valence electrons. The predicted molar refractivity (Wildman–Crippen MR) is 89.2 cm³/mol. The van der Waals surface area contributed by atoms with E-state index in [-0.39, 0.29) is 12.0 Å². The van der Waals surface area contributed by atoms with Gasteiger partial charge in [0.15, 0.2) is 5.76 Å².